The second-order valence-corrected chi connectivity index (χ2v) is 9.83. The topological polar surface area (TPSA) is 66.5 Å². The van der Waals surface area contributed by atoms with Gasteiger partial charge in [0.15, 0.2) is 5.78 Å². The van der Waals surface area contributed by atoms with Crippen LogP contribution in [0.1, 0.15) is 42.6 Å². The minimum Gasteiger partial charge on any atom is -0.326 e. The number of rotatable bonds is 3. The van der Waals surface area contributed by atoms with Gasteiger partial charge < -0.3 is 5.32 Å². The molecule has 4 rings (SSSR count). The van der Waals surface area contributed by atoms with Gasteiger partial charge in [-0.3, -0.25) is 19.3 Å². The first kappa shape index (κ1) is 24.0. The van der Waals surface area contributed by atoms with E-state index in [9.17, 15) is 27.6 Å². The highest BCUT2D eigenvalue weighted by atomic mass is 35.5. The summed E-state index contributed by atoms with van der Waals surface area (Å²) in [6, 6.07) is 11.9. The predicted octanol–water partition coefficient (Wildman–Crippen LogP) is 5.37. The number of hydrogen-bond acceptors (Lipinski definition) is 3. The zero-order chi connectivity index (χ0) is 25.1. The summed E-state index contributed by atoms with van der Waals surface area (Å²) < 4.78 is 44.6. The van der Waals surface area contributed by atoms with Gasteiger partial charge in [-0.2, -0.15) is 13.2 Å². The van der Waals surface area contributed by atoms with E-state index in [0.717, 1.165) is 10.5 Å². The normalized spacial score (nSPS) is 22.1. The van der Waals surface area contributed by atoms with Crippen molar-refractivity contribution < 1.29 is 27.6 Å². The van der Waals surface area contributed by atoms with E-state index in [1.807, 2.05) is 5.32 Å². The molecule has 2 aliphatic rings. The molecule has 178 valence electrons. The maximum atomic E-state index is 14.9. The number of nitrogens with one attached hydrogen (secondary N) is 1. The molecule has 0 saturated heterocycles. The summed E-state index contributed by atoms with van der Waals surface area (Å²) in [5.74, 6) is -3.47. The number of Topliss-reactive ketones (excluding diaryl/α,β-unsaturated/α-hetero) is 1. The third-order valence-electron chi connectivity index (χ3n) is 6.16. The Morgan fingerprint density at radius 1 is 1.03 bits per heavy atom. The maximum absolute atomic E-state index is 14.9. The Kier molecular flexibility index (Phi) is 5.63. The molecule has 1 heterocycles. The van der Waals surface area contributed by atoms with Gasteiger partial charge in [-0.1, -0.05) is 55.3 Å². The third-order valence-corrected chi connectivity index (χ3v) is 6.49. The van der Waals surface area contributed by atoms with Crippen molar-refractivity contribution in [1.29, 1.82) is 0 Å². The average molecular weight is 491 g/mol. The number of halogens is 4. The molecular formula is C25H22ClF3N2O3. The van der Waals surface area contributed by atoms with E-state index < -0.39 is 40.3 Å². The molecule has 5 nitrogen and oxygen atoms in total. The number of anilines is 1. The summed E-state index contributed by atoms with van der Waals surface area (Å²) in [4.78, 5) is 40.8. The van der Waals surface area contributed by atoms with Crippen molar-refractivity contribution in [2.45, 2.75) is 45.3 Å². The number of carbonyl (C=O) groups is 3. The molecule has 0 aromatic heterocycles. The summed E-state index contributed by atoms with van der Waals surface area (Å²) >= 11 is 6.03. The largest absolute Gasteiger partial charge is 0.425 e. The first-order valence-electron chi connectivity index (χ1n) is 10.6. The van der Waals surface area contributed by atoms with Crippen LogP contribution in [0.5, 0.6) is 0 Å². The van der Waals surface area contributed by atoms with E-state index in [2.05, 4.69) is 0 Å². The zero-order valence-corrected chi connectivity index (χ0v) is 19.5. The molecule has 0 bridgehead atoms. The Hall–Kier alpha value is -3.13. The van der Waals surface area contributed by atoms with Gasteiger partial charge >= 0.3 is 6.18 Å². The van der Waals surface area contributed by atoms with Crippen LogP contribution in [0.3, 0.4) is 0 Å². The van der Waals surface area contributed by atoms with E-state index in [1.54, 1.807) is 32.9 Å². The van der Waals surface area contributed by atoms with Crippen molar-refractivity contribution in [3.63, 3.8) is 0 Å². The number of ketones is 1. The van der Waals surface area contributed by atoms with Crippen LogP contribution in [0.2, 0.25) is 5.02 Å². The lowest BCUT2D eigenvalue weighted by Gasteiger charge is -2.35. The molecule has 2 aromatic carbocycles. The molecular weight excluding hydrogens is 469 g/mol. The number of carbonyl (C=O) groups excluding carboxylic acids is 3. The van der Waals surface area contributed by atoms with Crippen LogP contribution < -0.4 is 10.2 Å². The van der Waals surface area contributed by atoms with Crippen LogP contribution >= 0.6 is 11.6 Å². The van der Waals surface area contributed by atoms with Gasteiger partial charge in [-0.25, -0.2) is 0 Å². The minimum atomic E-state index is -5.29. The van der Waals surface area contributed by atoms with Crippen LogP contribution in [-0.4, -0.2) is 29.3 Å². The van der Waals surface area contributed by atoms with Gasteiger partial charge in [0, 0.05) is 17.8 Å². The summed E-state index contributed by atoms with van der Waals surface area (Å²) in [6.07, 6.45) is -5.44. The molecule has 1 unspecified atom stereocenters. The lowest BCUT2D eigenvalue weighted by Crippen LogP contribution is -2.66. The van der Waals surface area contributed by atoms with Crippen molar-refractivity contribution in [2.75, 3.05) is 4.90 Å². The molecule has 0 radical (unpaired) electrons. The Bertz CT molecular complexity index is 1230. The van der Waals surface area contributed by atoms with Crippen molar-refractivity contribution in [3.05, 3.63) is 76.0 Å². The van der Waals surface area contributed by atoms with Gasteiger partial charge in [0.25, 0.3) is 11.8 Å². The summed E-state index contributed by atoms with van der Waals surface area (Å²) in [7, 11) is 0. The predicted molar refractivity (Wildman–Crippen MR) is 121 cm³/mol. The van der Waals surface area contributed by atoms with Crippen molar-refractivity contribution in [1.82, 2.24) is 5.32 Å². The SMILES string of the molecule is Cc1ccc(N2C(=O)C(NC(=O)c3ccccc3Cl)(C(F)(F)F)C3=C2CC(C)(C)CC3=O)cc1. The fourth-order valence-corrected chi connectivity index (χ4v) is 4.82. The fraction of sp³-hybridized carbons (Fsp3) is 0.320. The molecule has 1 N–H and O–H groups in total. The fourth-order valence-electron chi connectivity index (χ4n) is 4.60. The molecule has 2 aromatic rings. The quantitative estimate of drug-likeness (QED) is 0.629. The van der Waals surface area contributed by atoms with Gasteiger partial charge in [0.05, 0.1) is 16.2 Å². The lowest BCUT2D eigenvalue weighted by molar-refractivity contribution is -0.186. The summed E-state index contributed by atoms with van der Waals surface area (Å²) in [5, 5.41) is 1.81. The summed E-state index contributed by atoms with van der Waals surface area (Å²) in [6.45, 7) is 5.31. The van der Waals surface area contributed by atoms with Gasteiger partial charge in [0.1, 0.15) is 0 Å². The molecule has 0 saturated carbocycles. The molecule has 34 heavy (non-hydrogen) atoms. The van der Waals surface area contributed by atoms with E-state index in [-0.39, 0.29) is 34.8 Å². The third kappa shape index (κ3) is 3.70. The average Bonchev–Trinajstić information content (AvgIpc) is 2.96. The molecule has 1 aliphatic heterocycles. The van der Waals surface area contributed by atoms with E-state index in [1.165, 1.54) is 36.4 Å². The monoisotopic (exact) mass is 490 g/mol. The smallest absolute Gasteiger partial charge is 0.326 e. The van der Waals surface area contributed by atoms with Crippen molar-refractivity contribution >= 4 is 34.9 Å². The van der Waals surface area contributed by atoms with E-state index in [4.69, 9.17) is 11.6 Å². The van der Waals surface area contributed by atoms with Crippen LogP contribution in [0, 0.1) is 12.3 Å². The second kappa shape index (κ2) is 7.98. The van der Waals surface area contributed by atoms with Gasteiger partial charge in [-0.05, 0) is 43.0 Å². The Morgan fingerprint density at radius 3 is 2.24 bits per heavy atom. The summed E-state index contributed by atoms with van der Waals surface area (Å²) in [5.41, 5.74) is -4.19. The molecule has 0 fully saturated rings. The highest BCUT2D eigenvalue weighted by Gasteiger charge is 2.72. The van der Waals surface area contributed by atoms with Gasteiger partial charge in [0.2, 0.25) is 5.54 Å². The Labute approximate surface area is 199 Å². The maximum Gasteiger partial charge on any atom is 0.425 e. The van der Waals surface area contributed by atoms with Crippen molar-refractivity contribution in [3.8, 4) is 0 Å². The first-order valence-corrected chi connectivity index (χ1v) is 11.0. The number of alkyl halides is 3. The standard InChI is InChI=1S/C25H22ClF3N2O3/c1-14-8-10-15(11-9-14)31-18-12-23(2,3)13-19(32)20(18)24(22(31)34,25(27,28)29)30-21(33)16-6-4-5-7-17(16)26/h4-11H,12-13H2,1-3H3,(H,30,33). The minimum absolute atomic E-state index is 0.0491. The number of benzene rings is 2. The molecule has 1 atom stereocenters. The second-order valence-electron chi connectivity index (χ2n) is 9.42. The zero-order valence-electron chi connectivity index (χ0n) is 18.7. The highest BCUT2D eigenvalue weighted by Crippen LogP contribution is 2.52. The van der Waals surface area contributed by atoms with E-state index >= 15 is 0 Å². The number of nitrogens with zero attached hydrogens (tertiary/aromatic N) is 1. The molecule has 0 spiro atoms. The first-order chi connectivity index (χ1) is 15.8. The Balaban J connectivity index is 1.95. The number of aryl methyl sites for hydroxylation is 1. The van der Waals surface area contributed by atoms with Crippen LogP contribution in [-0.2, 0) is 9.59 Å². The number of hydrogen-bond donors (Lipinski definition) is 1. The molecule has 9 heteroatoms. The van der Waals surface area contributed by atoms with Gasteiger partial charge in [-0.15, -0.1) is 0 Å². The number of allylic oxidation sites excluding steroid dienone is 1. The molecule has 2 amide bonds. The van der Waals surface area contributed by atoms with Crippen LogP contribution in [0.15, 0.2) is 59.8 Å². The Morgan fingerprint density at radius 2 is 1.65 bits per heavy atom. The van der Waals surface area contributed by atoms with Crippen LogP contribution in [0.4, 0.5) is 18.9 Å². The lowest BCUT2D eigenvalue weighted by atomic mass is 9.72. The number of amides is 2. The highest BCUT2D eigenvalue weighted by molar-refractivity contribution is 6.34. The van der Waals surface area contributed by atoms with Crippen molar-refractivity contribution in [2.24, 2.45) is 5.41 Å². The van der Waals surface area contributed by atoms with Crippen LogP contribution in [0.25, 0.3) is 0 Å². The van der Waals surface area contributed by atoms with E-state index in [0.29, 0.717) is 0 Å². The molecule has 1 aliphatic carbocycles.